The Bertz CT molecular complexity index is 304. The molecule has 2 nitrogen and oxygen atoms in total. The van der Waals surface area contributed by atoms with Gasteiger partial charge in [0.25, 0.3) is 0 Å². The lowest BCUT2D eigenvalue weighted by Gasteiger charge is -2.00. The number of rotatable bonds is 5. The Morgan fingerprint density at radius 3 is 2.40 bits per heavy atom. The predicted molar refractivity (Wildman–Crippen MR) is 64.3 cm³/mol. The molecule has 1 rings (SSSR count). The maximum absolute atomic E-state index is 8.65. The van der Waals surface area contributed by atoms with Gasteiger partial charge in [0.2, 0.25) is 0 Å². The Hall–Kier alpha value is -1.06. The van der Waals surface area contributed by atoms with Gasteiger partial charge in [0.05, 0.1) is 0 Å². The third-order valence-corrected chi connectivity index (χ3v) is 2.26. The summed E-state index contributed by atoms with van der Waals surface area (Å²) in [6, 6.07) is 8.14. The lowest BCUT2D eigenvalue weighted by atomic mass is 9.90. The Morgan fingerprint density at radius 1 is 1.20 bits per heavy atom. The quantitative estimate of drug-likeness (QED) is 0.720. The fraction of sp³-hybridized carbons (Fsp3) is 0.333. The molecule has 0 aromatic heterocycles. The van der Waals surface area contributed by atoms with E-state index in [-0.39, 0.29) is 0 Å². The summed E-state index contributed by atoms with van der Waals surface area (Å²) in [5.41, 5.74) is 2.32. The fourth-order valence-corrected chi connectivity index (χ4v) is 1.37. The molecule has 0 atom stereocenters. The molecule has 0 amide bonds. The zero-order valence-electron chi connectivity index (χ0n) is 9.06. The summed E-state index contributed by atoms with van der Waals surface area (Å²) in [5, 5.41) is 17.3. The van der Waals surface area contributed by atoms with Crippen molar-refractivity contribution in [2.45, 2.75) is 26.2 Å². The van der Waals surface area contributed by atoms with Crippen LogP contribution in [0.5, 0.6) is 0 Å². The van der Waals surface area contributed by atoms with Crippen molar-refractivity contribution in [1.82, 2.24) is 0 Å². The van der Waals surface area contributed by atoms with E-state index in [0.29, 0.717) is 0 Å². The number of hydrogen-bond acceptors (Lipinski definition) is 2. The smallest absolute Gasteiger partial charge is 0.424 e. The van der Waals surface area contributed by atoms with E-state index in [9.17, 15) is 0 Å². The third-order valence-electron chi connectivity index (χ3n) is 2.26. The van der Waals surface area contributed by atoms with E-state index in [1.165, 1.54) is 24.4 Å². The summed E-state index contributed by atoms with van der Waals surface area (Å²) in [5.74, 6) is 1.35. The van der Waals surface area contributed by atoms with Crippen molar-refractivity contribution < 1.29 is 10.0 Å². The summed E-state index contributed by atoms with van der Waals surface area (Å²) >= 11 is 0. The number of benzene rings is 1. The molecule has 2 N–H and O–H groups in total. The average molecular weight is 204 g/mol. The van der Waals surface area contributed by atoms with Crippen LogP contribution in [0.4, 0.5) is 0 Å². The molecular formula is C12H17BO2. The predicted octanol–water partition coefficient (Wildman–Crippen LogP) is 2.05. The van der Waals surface area contributed by atoms with Crippen LogP contribution in [0.15, 0.2) is 30.2 Å². The maximum Gasteiger partial charge on any atom is 0.480 e. The molecule has 80 valence electrons. The van der Waals surface area contributed by atoms with Crippen LogP contribution in [0.25, 0.3) is 6.08 Å². The highest BCUT2D eigenvalue weighted by molar-refractivity contribution is 6.48. The fourth-order valence-electron chi connectivity index (χ4n) is 1.37. The summed E-state index contributed by atoms with van der Waals surface area (Å²) in [4.78, 5) is 0. The van der Waals surface area contributed by atoms with Crippen molar-refractivity contribution in [1.29, 1.82) is 0 Å². The van der Waals surface area contributed by atoms with Crippen LogP contribution >= 0.6 is 0 Å². The molecule has 0 saturated heterocycles. The van der Waals surface area contributed by atoms with Crippen molar-refractivity contribution in [3.8, 4) is 0 Å². The summed E-state index contributed by atoms with van der Waals surface area (Å²) in [6.07, 6.45) is 5.24. The van der Waals surface area contributed by atoms with Gasteiger partial charge >= 0.3 is 7.12 Å². The first-order valence-corrected chi connectivity index (χ1v) is 5.35. The molecule has 15 heavy (non-hydrogen) atoms. The van der Waals surface area contributed by atoms with Crippen molar-refractivity contribution >= 4 is 13.2 Å². The van der Waals surface area contributed by atoms with Crippen LogP contribution in [0.1, 0.15) is 30.9 Å². The Labute approximate surface area is 91.4 Å². The topological polar surface area (TPSA) is 40.5 Å². The van der Waals surface area contributed by atoms with Crippen LogP contribution in [-0.2, 0) is 6.42 Å². The third kappa shape index (κ3) is 4.82. The van der Waals surface area contributed by atoms with Gasteiger partial charge in [-0.3, -0.25) is 0 Å². The van der Waals surface area contributed by atoms with Gasteiger partial charge in [-0.15, -0.1) is 0 Å². The lowest BCUT2D eigenvalue weighted by Crippen LogP contribution is -2.05. The molecule has 0 heterocycles. The van der Waals surface area contributed by atoms with Gasteiger partial charge in [-0.2, -0.15) is 0 Å². The molecular weight excluding hydrogens is 187 g/mol. The van der Waals surface area contributed by atoms with Crippen molar-refractivity contribution in [2.75, 3.05) is 0 Å². The van der Waals surface area contributed by atoms with Gasteiger partial charge in [0, 0.05) is 0 Å². The van der Waals surface area contributed by atoms with Gasteiger partial charge in [-0.1, -0.05) is 49.7 Å². The van der Waals surface area contributed by atoms with E-state index in [1.54, 1.807) is 6.08 Å². The largest absolute Gasteiger partial charge is 0.480 e. The van der Waals surface area contributed by atoms with E-state index >= 15 is 0 Å². The highest BCUT2D eigenvalue weighted by Gasteiger charge is 1.98. The van der Waals surface area contributed by atoms with E-state index in [0.717, 1.165) is 12.0 Å². The Morgan fingerprint density at radius 2 is 1.87 bits per heavy atom. The molecule has 0 aliphatic carbocycles. The number of hydrogen-bond donors (Lipinski definition) is 2. The van der Waals surface area contributed by atoms with E-state index in [1.807, 2.05) is 12.1 Å². The standard InChI is InChI=1S/C12H17BO2/c1-2-3-4-11-5-7-12(8-6-11)9-10-13(14)15/h5-10,14-15H,2-4H2,1H3. The van der Waals surface area contributed by atoms with Crippen LogP contribution in [0, 0.1) is 0 Å². The zero-order valence-corrected chi connectivity index (χ0v) is 9.06. The van der Waals surface area contributed by atoms with Crippen molar-refractivity contribution in [3.63, 3.8) is 0 Å². The zero-order chi connectivity index (χ0) is 11.1. The van der Waals surface area contributed by atoms with Gasteiger partial charge in [0.15, 0.2) is 0 Å². The number of aryl methyl sites for hydroxylation is 1. The minimum Gasteiger partial charge on any atom is -0.424 e. The second-order valence-electron chi connectivity index (χ2n) is 3.62. The van der Waals surface area contributed by atoms with Gasteiger partial charge in [-0.25, -0.2) is 0 Å². The van der Waals surface area contributed by atoms with Crippen molar-refractivity contribution in [2.24, 2.45) is 0 Å². The number of unbranched alkanes of at least 4 members (excludes halogenated alkanes) is 1. The van der Waals surface area contributed by atoms with Gasteiger partial charge in [0.1, 0.15) is 0 Å². The average Bonchev–Trinajstić information content (AvgIpc) is 2.25. The van der Waals surface area contributed by atoms with Crippen LogP contribution in [0.3, 0.4) is 0 Å². The van der Waals surface area contributed by atoms with E-state index in [4.69, 9.17) is 10.0 Å². The van der Waals surface area contributed by atoms with Crippen LogP contribution < -0.4 is 0 Å². The van der Waals surface area contributed by atoms with E-state index in [2.05, 4.69) is 19.1 Å². The summed E-state index contributed by atoms with van der Waals surface area (Å²) < 4.78 is 0. The molecule has 0 radical (unpaired) electrons. The minimum absolute atomic E-state index is 0.989. The Balaban J connectivity index is 2.56. The SMILES string of the molecule is CCCCc1ccc(C=CB(O)O)cc1. The molecule has 0 aliphatic heterocycles. The molecule has 1 aromatic rings. The minimum atomic E-state index is -1.37. The maximum atomic E-state index is 8.65. The normalized spacial score (nSPS) is 10.9. The van der Waals surface area contributed by atoms with Crippen LogP contribution in [0.2, 0.25) is 0 Å². The second-order valence-corrected chi connectivity index (χ2v) is 3.62. The lowest BCUT2D eigenvalue weighted by molar-refractivity contribution is 0.424. The van der Waals surface area contributed by atoms with Gasteiger partial charge < -0.3 is 10.0 Å². The van der Waals surface area contributed by atoms with Gasteiger partial charge in [-0.05, 0) is 24.0 Å². The second kappa shape index (κ2) is 6.43. The first kappa shape index (κ1) is 12.0. The Kier molecular flexibility index (Phi) is 5.15. The monoisotopic (exact) mass is 204 g/mol. The molecule has 1 aromatic carbocycles. The molecule has 0 aliphatic rings. The molecule has 0 fully saturated rings. The first-order chi connectivity index (χ1) is 7.22. The van der Waals surface area contributed by atoms with E-state index < -0.39 is 7.12 Å². The summed E-state index contributed by atoms with van der Waals surface area (Å²) in [6.45, 7) is 2.18. The molecule has 3 heteroatoms. The highest BCUT2D eigenvalue weighted by atomic mass is 16.4. The highest BCUT2D eigenvalue weighted by Crippen LogP contribution is 2.09. The van der Waals surface area contributed by atoms with Crippen molar-refractivity contribution in [3.05, 3.63) is 41.4 Å². The first-order valence-electron chi connectivity index (χ1n) is 5.35. The summed E-state index contributed by atoms with van der Waals surface area (Å²) in [7, 11) is -1.37. The van der Waals surface area contributed by atoms with Crippen LogP contribution in [-0.4, -0.2) is 17.2 Å². The molecule has 0 bridgehead atoms. The molecule has 0 saturated carbocycles. The molecule has 0 unspecified atom stereocenters. The molecule has 0 spiro atoms.